The number of nitrogens with zero attached hydrogens (tertiary/aromatic N) is 1. The zero-order valence-electron chi connectivity index (χ0n) is 9.76. The maximum Gasteiger partial charge on any atom is 0.456 e. The third kappa shape index (κ3) is 2.89. The van der Waals surface area contributed by atoms with Crippen LogP contribution in [0, 0.1) is 11.3 Å². The lowest BCUT2D eigenvalue weighted by molar-refractivity contribution is -0.343. The zero-order chi connectivity index (χ0) is 18.4. The molecular formula is C8H4F11N3. The maximum atomic E-state index is 13.1. The van der Waals surface area contributed by atoms with Gasteiger partial charge < -0.3 is 11.5 Å². The van der Waals surface area contributed by atoms with E-state index in [4.69, 9.17) is 5.26 Å². The number of nitriles is 1. The van der Waals surface area contributed by atoms with Crippen molar-refractivity contribution in [3.8, 4) is 6.07 Å². The molecule has 0 aliphatic carbocycles. The van der Waals surface area contributed by atoms with Crippen LogP contribution in [0.15, 0.2) is 11.3 Å². The Labute approximate surface area is 113 Å². The van der Waals surface area contributed by atoms with Crippen LogP contribution < -0.4 is 11.5 Å². The summed E-state index contributed by atoms with van der Waals surface area (Å²) in [5.41, 5.74) is -4.32. The first-order valence-electron chi connectivity index (χ1n) is 4.63. The van der Waals surface area contributed by atoms with Gasteiger partial charge >= 0.3 is 24.5 Å². The van der Waals surface area contributed by atoms with Crippen LogP contribution in [0.3, 0.4) is 0 Å². The molecule has 22 heavy (non-hydrogen) atoms. The van der Waals surface area contributed by atoms with Crippen LogP contribution in [0.2, 0.25) is 0 Å². The minimum atomic E-state index is -7.01. The van der Waals surface area contributed by atoms with E-state index in [1.165, 1.54) is 0 Å². The number of allylic oxidation sites excluding steroid dienone is 1. The lowest BCUT2D eigenvalue weighted by atomic mass is 9.82. The highest BCUT2D eigenvalue weighted by atomic mass is 19.4. The molecule has 0 amide bonds. The van der Waals surface area contributed by atoms with E-state index in [2.05, 4.69) is 11.5 Å². The van der Waals surface area contributed by atoms with Gasteiger partial charge in [-0.25, -0.2) is 0 Å². The highest BCUT2D eigenvalue weighted by molar-refractivity contribution is 5.43. The SMILES string of the molecule is N#C/C(=C(/N)C(F)(F)F)C(N)(C(F)(F)F)C(F)(F)C(F)(F)F. The Morgan fingerprint density at radius 3 is 1.32 bits per heavy atom. The fourth-order valence-corrected chi connectivity index (χ4v) is 1.20. The zero-order valence-corrected chi connectivity index (χ0v) is 9.76. The molecule has 14 heteroatoms. The van der Waals surface area contributed by atoms with E-state index < -0.39 is 41.3 Å². The van der Waals surface area contributed by atoms with Gasteiger partial charge in [0.25, 0.3) is 0 Å². The molecule has 0 bridgehead atoms. The number of alkyl halides is 11. The average molecular weight is 351 g/mol. The summed E-state index contributed by atoms with van der Waals surface area (Å²) in [6, 6.07) is -0.0566. The third-order valence-corrected chi connectivity index (χ3v) is 2.38. The Hall–Kier alpha value is -1.78. The number of nitrogens with two attached hydrogens (primary N) is 2. The van der Waals surface area contributed by atoms with Crippen molar-refractivity contribution in [1.29, 1.82) is 5.26 Å². The minimum absolute atomic E-state index is 0.0566. The van der Waals surface area contributed by atoms with Crippen LogP contribution in [0.4, 0.5) is 48.3 Å². The second-order valence-electron chi connectivity index (χ2n) is 3.78. The van der Waals surface area contributed by atoms with E-state index in [1.54, 1.807) is 0 Å². The molecule has 3 nitrogen and oxygen atoms in total. The van der Waals surface area contributed by atoms with Gasteiger partial charge in [0.05, 0.1) is 11.6 Å². The molecular weight excluding hydrogens is 347 g/mol. The highest BCUT2D eigenvalue weighted by Gasteiger charge is 2.80. The van der Waals surface area contributed by atoms with Crippen LogP contribution in [0.1, 0.15) is 0 Å². The van der Waals surface area contributed by atoms with Gasteiger partial charge in [-0.05, 0) is 0 Å². The van der Waals surface area contributed by atoms with Crippen LogP contribution in [-0.2, 0) is 0 Å². The molecule has 128 valence electrons. The van der Waals surface area contributed by atoms with Gasteiger partial charge in [0.15, 0.2) is 0 Å². The Balaban J connectivity index is 6.86. The normalized spacial score (nSPS) is 18.3. The summed E-state index contributed by atoms with van der Waals surface area (Å²) in [4.78, 5) is 0. The molecule has 0 saturated heterocycles. The van der Waals surface area contributed by atoms with Crippen LogP contribution in [-0.4, -0.2) is 30.0 Å². The van der Waals surface area contributed by atoms with Crippen molar-refractivity contribution in [3.05, 3.63) is 11.3 Å². The third-order valence-electron chi connectivity index (χ3n) is 2.38. The molecule has 0 radical (unpaired) electrons. The summed E-state index contributed by atoms with van der Waals surface area (Å²) in [6.07, 6.45) is -19.8. The average Bonchev–Trinajstić information content (AvgIpc) is 2.24. The van der Waals surface area contributed by atoms with Gasteiger partial charge in [-0.15, -0.1) is 0 Å². The molecule has 0 aromatic rings. The van der Waals surface area contributed by atoms with Gasteiger partial charge in [-0.1, -0.05) is 0 Å². The summed E-state index contributed by atoms with van der Waals surface area (Å²) < 4.78 is 137. The quantitative estimate of drug-likeness (QED) is 0.593. The predicted molar refractivity (Wildman–Crippen MR) is 46.9 cm³/mol. The van der Waals surface area contributed by atoms with E-state index in [9.17, 15) is 48.3 Å². The van der Waals surface area contributed by atoms with E-state index in [-0.39, 0.29) is 6.07 Å². The summed E-state index contributed by atoms with van der Waals surface area (Å²) in [5, 5.41) is 8.22. The fourth-order valence-electron chi connectivity index (χ4n) is 1.20. The maximum absolute atomic E-state index is 13.1. The Morgan fingerprint density at radius 2 is 1.14 bits per heavy atom. The van der Waals surface area contributed by atoms with Crippen LogP contribution in [0.25, 0.3) is 0 Å². The Morgan fingerprint density at radius 1 is 0.773 bits per heavy atom. The standard InChI is InChI=1S/C8H4F11N3/c9-5(10,11)3(21)2(1-20)4(22,7(14,15)16)6(12,13)8(17,18)19/h21-22H2/b3-2-. The van der Waals surface area contributed by atoms with Gasteiger partial charge in [-0.2, -0.15) is 53.6 Å². The van der Waals surface area contributed by atoms with Crippen LogP contribution in [0.5, 0.6) is 0 Å². The lowest BCUT2D eigenvalue weighted by Crippen LogP contribution is -2.71. The largest absolute Gasteiger partial charge is 0.456 e. The minimum Gasteiger partial charge on any atom is -0.394 e. The van der Waals surface area contributed by atoms with Crippen molar-refractivity contribution in [2.24, 2.45) is 11.5 Å². The second-order valence-corrected chi connectivity index (χ2v) is 3.78. The number of halogens is 11. The van der Waals surface area contributed by atoms with E-state index in [0.717, 1.165) is 0 Å². The highest BCUT2D eigenvalue weighted by Crippen LogP contribution is 2.53. The Bertz CT molecular complexity index is 503. The molecule has 0 aliphatic heterocycles. The van der Waals surface area contributed by atoms with Crippen molar-refractivity contribution in [2.75, 3.05) is 0 Å². The molecule has 0 rings (SSSR count). The van der Waals surface area contributed by atoms with Crippen molar-refractivity contribution < 1.29 is 48.3 Å². The predicted octanol–water partition coefficient (Wildman–Crippen LogP) is 2.74. The first kappa shape index (κ1) is 20.2. The number of hydrogen-bond donors (Lipinski definition) is 2. The van der Waals surface area contributed by atoms with Gasteiger partial charge in [0, 0.05) is 0 Å². The monoisotopic (exact) mass is 351 g/mol. The van der Waals surface area contributed by atoms with Gasteiger partial charge in [0.2, 0.25) is 5.54 Å². The summed E-state index contributed by atoms with van der Waals surface area (Å²) in [5.74, 6) is -6.96. The van der Waals surface area contributed by atoms with E-state index in [1.807, 2.05) is 0 Å². The molecule has 0 fully saturated rings. The fraction of sp³-hybridized carbons (Fsp3) is 0.625. The van der Waals surface area contributed by atoms with Crippen molar-refractivity contribution in [1.82, 2.24) is 0 Å². The van der Waals surface area contributed by atoms with E-state index in [0.29, 0.717) is 0 Å². The molecule has 1 atom stereocenters. The Kier molecular flexibility index (Phi) is 4.73. The molecule has 0 saturated carbocycles. The topological polar surface area (TPSA) is 75.8 Å². The first-order chi connectivity index (χ1) is 9.35. The molecule has 0 spiro atoms. The number of hydrogen-bond acceptors (Lipinski definition) is 3. The lowest BCUT2D eigenvalue weighted by Gasteiger charge is -2.39. The van der Waals surface area contributed by atoms with E-state index >= 15 is 0 Å². The summed E-state index contributed by atoms with van der Waals surface area (Å²) in [6.45, 7) is 0. The van der Waals surface area contributed by atoms with Crippen molar-refractivity contribution in [3.63, 3.8) is 0 Å². The van der Waals surface area contributed by atoms with Crippen LogP contribution >= 0.6 is 0 Å². The smallest absolute Gasteiger partial charge is 0.394 e. The summed E-state index contributed by atoms with van der Waals surface area (Å²) >= 11 is 0. The first-order valence-corrected chi connectivity index (χ1v) is 4.63. The second kappa shape index (κ2) is 5.14. The molecule has 0 heterocycles. The molecule has 0 aromatic carbocycles. The van der Waals surface area contributed by atoms with Gasteiger partial charge in [-0.3, -0.25) is 0 Å². The number of rotatable bonds is 2. The van der Waals surface area contributed by atoms with Gasteiger partial charge in [0.1, 0.15) is 5.70 Å². The molecule has 1 unspecified atom stereocenters. The molecule has 0 aliphatic rings. The van der Waals surface area contributed by atoms with Crippen molar-refractivity contribution >= 4 is 0 Å². The van der Waals surface area contributed by atoms with Crippen molar-refractivity contribution in [2.45, 2.75) is 30.0 Å². The summed E-state index contributed by atoms with van der Waals surface area (Å²) in [7, 11) is 0. The molecule has 4 N–H and O–H groups in total. The molecule has 0 aromatic heterocycles.